The Morgan fingerprint density at radius 3 is 2.71 bits per heavy atom. The van der Waals surface area contributed by atoms with Crippen LogP contribution < -0.4 is 4.74 Å². The maximum absolute atomic E-state index is 6.06. The Morgan fingerprint density at radius 2 is 2.00 bits per heavy atom. The molecule has 2 rings (SSSR count). The minimum Gasteiger partial charge on any atom is -0.489 e. The van der Waals surface area contributed by atoms with Crippen LogP contribution in [0.1, 0.15) is 31.7 Å². The van der Waals surface area contributed by atoms with Gasteiger partial charge >= 0.3 is 0 Å². The van der Waals surface area contributed by atoms with E-state index in [-0.39, 0.29) is 0 Å². The zero-order chi connectivity index (χ0) is 12.1. The molecule has 2 heteroatoms. The number of hydrogen-bond donors (Lipinski definition) is 0. The molecule has 17 heavy (non-hydrogen) atoms. The van der Waals surface area contributed by atoms with Gasteiger partial charge in [-0.15, -0.1) is 0 Å². The third-order valence-electron chi connectivity index (χ3n) is 3.47. The molecule has 0 bridgehead atoms. The van der Waals surface area contributed by atoms with E-state index in [1.54, 1.807) is 0 Å². The molecular weight excluding hydrogens is 210 g/mol. The van der Waals surface area contributed by atoms with Crippen molar-refractivity contribution < 1.29 is 4.74 Å². The van der Waals surface area contributed by atoms with Gasteiger partial charge in [0.2, 0.25) is 0 Å². The normalized spacial score (nSPS) is 22.1. The number of benzene rings is 1. The second-order valence-electron chi connectivity index (χ2n) is 5.00. The average molecular weight is 233 g/mol. The number of nitrogens with zero attached hydrogens (tertiary/aromatic N) is 1. The van der Waals surface area contributed by atoms with E-state index in [4.69, 9.17) is 4.74 Å². The van der Waals surface area contributed by atoms with Crippen LogP contribution in [-0.4, -0.2) is 31.1 Å². The summed E-state index contributed by atoms with van der Waals surface area (Å²) in [5.74, 6) is 1.02. The minimum absolute atomic E-state index is 0.356. The lowest BCUT2D eigenvalue weighted by atomic mass is 10.1. The zero-order valence-electron chi connectivity index (χ0n) is 11.0. The van der Waals surface area contributed by atoms with Crippen LogP contribution in [0.5, 0.6) is 5.75 Å². The number of aryl methyl sites for hydroxylation is 1. The van der Waals surface area contributed by atoms with Gasteiger partial charge in [-0.25, -0.2) is 0 Å². The molecule has 1 aliphatic rings. The van der Waals surface area contributed by atoms with E-state index in [1.807, 2.05) is 0 Å². The maximum Gasteiger partial charge on any atom is 0.119 e. The van der Waals surface area contributed by atoms with Gasteiger partial charge in [0.1, 0.15) is 11.9 Å². The number of rotatable bonds is 3. The van der Waals surface area contributed by atoms with Gasteiger partial charge in [-0.1, -0.05) is 19.1 Å². The molecule has 1 aromatic rings. The SMILES string of the molecule is CCc1ccc(OC2CCCCN(C)C2)cc1. The summed E-state index contributed by atoms with van der Waals surface area (Å²) in [7, 11) is 2.18. The summed E-state index contributed by atoms with van der Waals surface area (Å²) in [6, 6.07) is 8.53. The Labute approximate surface area is 105 Å². The van der Waals surface area contributed by atoms with Crippen molar-refractivity contribution in [1.82, 2.24) is 4.90 Å². The van der Waals surface area contributed by atoms with Crippen molar-refractivity contribution in [2.75, 3.05) is 20.1 Å². The van der Waals surface area contributed by atoms with Crippen molar-refractivity contribution in [2.45, 2.75) is 38.7 Å². The van der Waals surface area contributed by atoms with E-state index in [0.717, 1.165) is 18.7 Å². The molecule has 1 fully saturated rings. The van der Waals surface area contributed by atoms with Crippen molar-refractivity contribution in [2.24, 2.45) is 0 Å². The molecule has 0 spiro atoms. The predicted molar refractivity (Wildman–Crippen MR) is 71.6 cm³/mol. The van der Waals surface area contributed by atoms with Crippen molar-refractivity contribution in [3.63, 3.8) is 0 Å². The van der Waals surface area contributed by atoms with Gasteiger partial charge < -0.3 is 9.64 Å². The van der Waals surface area contributed by atoms with E-state index in [1.165, 1.54) is 31.4 Å². The first-order valence-corrected chi connectivity index (χ1v) is 6.72. The molecule has 1 aromatic carbocycles. The lowest BCUT2D eigenvalue weighted by Gasteiger charge is -2.21. The van der Waals surface area contributed by atoms with Crippen LogP contribution in [0.3, 0.4) is 0 Å². The first kappa shape index (κ1) is 12.4. The molecule has 0 aliphatic carbocycles. The molecule has 0 saturated carbocycles. The summed E-state index contributed by atoms with van der Waals surface area (Å²) in [5.41, 5.74) is 1.37. The molecule has 2 nitrogen and oxygen atoms in total. The van der Waals surface area contributed by atoms with Gasteiger partial charge in [0, 0.05) is 6.54 Å². The quantitative estimate of drug-likeness (QED) is 0.795. The highest BCUT2D eigenvalue weighted by molar-refractivity contribution is 5.27. The lowest BCUT2D eigenvalue weighted by molar-refractivity contribution is 0.155. The predicted octanol–water partition coefficient (Wildman–Crippen LogP) is 3.11. The van der Waals surface area contributed by atoms with E-state index in [9.17, 15) is 0 Å². The topological polar surface area (TPSA) is 12.5 Å². The van der Waals surface area contributed by atoms with E-state index in [2.05, 4.69) is 43.1 Å². The van der Waals surface area contributed by atoms with Gasteiger partial charge in [-0.05, 0) is 57.0 Å². The molecular formula is C15H23NO. The van der Waals surface area contributed by atoms with Gasteiger partial charge in [0.15, 0.2) is 0 Å². The summed E-state index contributed by atoms with van der Waals surface area (Å²) in [6.07, 6.45) is 5.20. The van der Waals surface area contributed by atoms with Gasteiger partial charge in [0.05, 0.1) is 0 Å². The molecule has 94 valence electrons. The minimum atomic E-state index is 0.356. The lowest BCUT2D eigenvalue weighted by Crippen LogP contribution is -2.31. The van der Waals surface area contributed by atoms with E-state index in [0.29, 0.717) is 6.10 Å². The van der Waals surface area contributed by atoms with Crippen LogP contribution in [0.15, 0.2) is 24.3 Å². The van der Waals surface area contributed by atoms with Gasteiger partial charge in [-0.2, -0.15) is 0 Å². The summed E-state index contributed by atoms with van der Waals surface area (Å²) >= 11 is 0. The van der Waals surface area contributed by atoms with Crippen molar-refractivity contribution in [3.8, 4) is 5.75 Å². The summed E-state index contributed by atoms with van der Waals surface area (Å²) < 4.78 is 6.06. The molecule has 1 saturated heterocycles. The molecule has 0 N–H and O–H groups in total. The fourth-order valence-corrected chi connectivity index (χ4v) is 2.38. The Kier molecular flexibility index (Phi) is 4.43. The van der Waals surface area contributed by atoms with Crippen LogP contribution >= 0.6 is 0 Å². The Hall–Kier alpha value is -1.02. The largest absolute Gasteiger partial charge is 0.489 e. The third-order valence-corrected chi connectivity index (χ3v) is 3.47. The molecule has 1 unspecified atom stereocenters. The second-order valence-corrected chi connectivity index (χ2v) is 5.00. The molecule has 0 radical (unpaired) electrons. The fraction of sp³-hybridized carbons (Fsp3) is 0.600. The Bertz CT molecular complexity index is 333. The molecule has 1 aliphatic heterocycles. The van der Waals surface area contributed by atoms with Gasteiger partial charge in [0.25, 0.3) is 0 Å². The maximum atomic E-state index is 6.06. The molecule has 0 aromatic heterocycles. The van der Waals surface area contributed by atoms with Crippen LogP contribution in [0, 0.1) is 0 Å². The highest BCUT2D eigenvalue weighted by atomic mass is 16.5. The fourth-order valence-electron chi connectivity index (χ4n) is 2.38. The number of likely N-dealkylation sites (N-methyl/N-ethyl adjacent to an activating group) is 1. The average Bonchev–Trinajstić information content (AvgIpc) is 2.55. The highest BCUT2D eigenvalue weighted by Crippen LogP contribution is 2.18. The number of likely N-dealkylation sites (tertiary alicyclic amines) is 1. The van der Waals surface area contributed by atoms with Crippen molar-refractivity contribution >= 4 is 0 Å². The van der Waals surface area contributed by atoms with Crippen LogP contribution in [-0.2, 0) is 6.42 Å². The summed E-state index contributed by atoms with van der Waals surface area (Å²) in [4.78, 5) is 2.37. The van der Waals surface area contributed by atoms with Gasteiger partial charge in [-0.3, -0.25) is 0 Å². The van der Waals surface area contributed by atoms with Crippen molar-refractivity contribution in [1.29, 1.82) is 0 Å². The first-order valence-electron chi connectivity index (χ1n) is 6.72. The van der Waals surface area contributed by atoms with Crippen LogP contribution in [0.4, 0.5) is 0 Å². The van der Waals surface area contributed by atoms with Crippen LogP contribution in [0.2, 0.25) is 0 Å². The monoisotopic (exact) mass is 233 g/mol. The first-order chi connectivity index (χ1) is 8.28. The van der Waals surface area contributed by atoms with E-state index >= 15 is 0 Å². The summed E-state index contributed by atoms with van der Waals surface area (Å²) in [6.45, 7) is 4.43. The highest BCUT2D eigenvalue weighted by Gasteiger charge is 2.16. The smallest absolute Gasteiger partial charge is 0.119 e. The van der Waals surface area contributed by atoms with Crippen LogP contribution in [0.25, 0.3) is 0 Å². The Balaban J connectivity index is 1.94. The van der Waals surface area contributed by atoms with Crippen molar-refractivity contribution in [3.05, 3.63) is 29.8 Å². The second kappa shape index (κ2) is 6.06. The number of hydrogen-bond acceptors (Lipinski definition) is 2. The number of ether oxygens (including phenoxy) is 1. The molecule has 1 atom stereocenters. The van der Waals surface area contributed by atoms with E-state index < -0.39 is 0 Å². The molecule has 0 amide bonds. The summed E-state index contributed by atoms with van der Waals surface area (Å²) in [5, 5.41) is 0. The molecule has 1 heterocycles. The standard InChI is InChI=1S/C15H23NO/c1-3-13-7-9-14(10-8-13)17-15-6-4-5-11-16(2)12-15/h7-10,15H,3-6,11-12H2,1-2H3. The zero-order valence-corrected chi connectivity index (χ0v) is 11.0. The third kappa shape index (κ3) is 3.74. The Morgan fingerprint density at radius 1 is 1.24 bits per heavy atom.